The molecule has 2 rings (SSSR count). The Morgan fingerprint density at radius 1 is 1.06 bits per heavy atom. The minimum atomic E-state index is -3.71. The van der Waals surface area contributed by atoms with Crippen molar-refractivity contribution in [3.8, 4) is 11.5 Å². The van der Waals surface area contributed by atoms with Gasteiger partial charge in [-0.1, -0.05) is 45.9 Å². The molecule has 2 aromatic rings. The first-order valence-electron chi connectivity index (χ1n) is 10.3. The molecule has 0 saturated carbocycles. The van der Waals surface area contributed by atoms with Crippen molar-refractivity contribution in [1.82, 2.24) is 4.90 Å². The molecule has 0 aliphatic rings. The van der Waals surface area contributed by atoms with Crippen LogP contribution in [0, 0.1) is 0 Å². The van der Waals surface area contributed by atoms with Gasteiger partial charge in [-0.15, -0.1) is 0 Å². The fraction of sp³-hybridized carbons (Fsp3) is 0.458. The molecule has 0 bridgehead atoms. The third-order valence-electron chi connectivity index (χ3n) is 5.20. The molecule has 1 atom stereocenters. The van der Waals surface area contributed by atoms with Gasteiger partial charge in [0.15, 0.2) is 11.5 Å². The molecule has 0 N–H and O–H groups in total. The van der Waals surface area contributed by atoms with Gasteiger partial charge in [0.05, 0.1) is 13.4 Å². The largest absolute Gasteiger partial charge is 0.493 e. The number of carbonyl (C=O) groups is 1. The zero-order valence-electron chi connectivity index (χ0n) is 19.4. The first-order valence-corrected chi connectivity index (χ1v) is 12.1. The van der Waals surface area contributed by atoms with Gasteiger partial charge in [0.1, 0.15) is 0 Å². The average Bonchev–Trinajstić information content (AvgIpc) is 2.69. The molecule has 0 spiro atoms. The van der Waals surface area contributed by atoms with Crippen LogP contribution in [0.25, 0.3) is 0 Å². The maximum absolute atomic E-state index is 13.3. The predicted molar refractivity (Wildman–Crippen MR) is 123 cm³/mol. The molecule has 0 heterocycles. The van der Waals surface area contributed by atoms with Gasteiger partial charge in [-0.25, -0.2) is 0 Å². The van der Waals surface area contributed by atoms with Crippen LogP contribution in [0.4, 0.5) is 0 Å². The molecule has 1 amide bonds. The molecular weight excluding hydrogens is 414 g/mol. The summed E-state index contributed by atoms with van der Waals surface area (Å²) in [6.45, 7) is 10.7. The van der Waals surface area contributed by atoms with Crippen LogP contribution < -0.4 is 8.92 Å². The van der Waals surface area contributed by atoms with E-state index in [1.165, 1.54) is 7.11 Å². The van der Waals surface area contributed by atoms with Crippen molar-refractivity contribution < 1.29 is 22.1 Å². The molecular formula is C24H33NO5S. The molecule has 0 aromatic heterocycles. The highest BCUT2D eigenvalue weighted by Crippen LogP contribution is 2.30. The van der Waals surface area contributed by atoms with Crippen molar-refractivity contribution in [3.05, 3.63) is 59.2 Å². The summed E-state index contributed by atoms with van der Waals surface area (Å²) in [5.74, 6) is 0.346. The van der Waals surface area contributed by atoms with E-state index in [2.05, 4.69) is 20.8 Å². The number of carbonyl (C=O) groups excluding carboxylic acids is 1. The van der Waals surface area contributed by atoms with Crippen LogP contribution in [-0.4, -0.2) is 38.6 Å². The lowest BCUT2D eigenvalue weighted by Gasteiger charge is -2.29. The molecule has 0 aliphatic heterocycles. The molecule has 0 aliphatic carbocycles. The number of nitrogens with zero attached hydrogens (tertiary/aromatic N) is 1. The summed E-state index contributed by atoms with van der Waals surface area (Å²) in [6.07, 6.45) is 1.77. The van der Waals surface area contributed by atoms with Crippen LogP contribution in [0.2, 0.25) is 0 Å². The van der Waals surface area contributed by atoms with E-state index >= 15 is 0 Å². The average molecular weight is 448 g/mol. The molecule has 1 unspecified atom stereocenters. The number of hydrogen-bond acceptors (Lipinski definition) is 5. The van der Waals surface area contributed by atoms with E-state index in [9.17, 15) is 13.2 Å². The standard InChI is InChI=1S/C24H33NO5S/c1-8-17(2)25(23(26)19-10-12-20(13-11-19)24(3,4)5)16-18-9-14-21(29-6)22(15-18)30-31(7,27)28/h9-15,17H,8,16H2,1-7H3. The third-order valence-corrected chi connectivity index (χ3v) is 5.69. The van der Waals surface area contributed by atoms with Gasteiger partial charge in [-0.3, -0.25) is 4.79 Å². The summed E-state index contributed by atoms with van der Waals surface area (Å²) in [7, 11) is -2.27. The van der Waals surface area contributed by atoms with Crippen molar-refractivity contribution >= 4 is 16.0 Å². The Balaban J connectivity index is 2.35. The zero-order valence-corrected chi connectivity index (χ0v) is 20.2. The molecule has 170 valence electrons. The lowest BCUT2D eigenvalue weighted by atomic mass is 9.86. The van der Waals surface area contributed by atoms with E-state index in [4.69, 9.17) is 8.92 Å². The molecule has 0 fully saturated rings. The Morgan fingerprint density at radius 2 is 1.68 bits per heavy atom. The summed E-state index contributed by atoms with van der Waals surface area (Å²) in [4.78, 5) is 15.1. The van der Waals surface area contributed by atoms with E-state index in [0.717, 1.165) is 23.8 Å². The smallest absolute Gasteiger partial charge is 0.306 e. The summed E-state index contributed by atoms with van der Waals surface area (Å²) in [5.41, 5.74) is 2.54. The second kappa shape index (κ2) is 9.73. The number of methoxy groups -OCH3 is 1. The van der Waals surface area contributed by atoms with Crippen molar-refractivity contribution in [2.24, 2.45) is 0 Å². The van der Waals surface area contributed by atoms with Crippen molar-refractivity contribution in [1.29, 1.82) is 0 Å². The Labute approximate surface area is 186 Å². The van der Waals surface area contributed by atoms with Crippen LogP contribution in [0.3, 0.4) is 0 Å². The van der Waals surface area contributed by atoms with Gasteiger partial charge in [0.2, 0.25) is 0 Å². The van der Waals surface area contributed by atoms with Crippen LogP contribution in [-0.2, 0) is 22.1 Å². The van der Waals surface area contributed by atoms with Crippen LogP contribution in [0.5, 0.6) is 11.5 Å². The quantitative estimate of drug-likeness (QED) is 0.545. The molecule has 31 heavy (non-hydrogen) atoms. The third kappa shape index (κ3) is 6.72. The van der Waals surface area contributed by atoms with Crippen LogP contribution in [0.15, 0.2) is 42.5 Å². The van der Waals surface area contributed by atoms with Crippen molar-refractivity contribution in [3.63, 3.8) is 0 Å². The molecule has 6 nitrogen and oxygen atoms in total. The van der Waals surface area contributed by atoms with Gasteiger partial charge >= 0.3 is 10.1 Å². The van der Waals surface area contributed by atoms with Crippen LogP contribution >= 0.6 is 0 Å². The van der Waals surface area contributed by atoms with Gasteiger partial charge in [-0.2, -0.15) is 8.42 Å². The predicted octanol–water partition coefficient (Wildman–Crippen LogP) is 4.77. The fourth-order valence-corrected chi connectivity index (χ4v) is 3.63. The highest BCUT2D eigenvalue weighted by molar-refractivity contribution is 7.86. The monoisotopic (exact) mass is 447 g/mol. The number of ether oxygens (including phenoxy) is 1. The van der Waals surface area contributed by atoms with Crippen molar-refractivity contribution in [2.45, 2.75) is 59.0 Å². The molecule has 0 radical (unpaired) electrons. The lowest BCUT2D eigenvalue weighted by molar-refractivity contribution is 0.0671. The fourth-order valence-electron chi connectivity index (χ4n) is 3.17. The number of rotatable bonds is 8. The summed E-state index contributed by atoms with van der Waals surface area (Å²) in [6, 6.07) is 12.8. The molecule has 2 aromatic carbocycles. The minimum absolute atomic E-state index is 0.00355. The van der Waals surface area contributed by atoms with Crippen LogP contribution in [0.1, 0.15) is 62.5 Å². The summed E-state index contributed by atoms with van der Waals surface area (Å²) in [5, 5.41) is 0. The number of benzene rings is 2. The van der Waals surface area contributed by atoms with Gasteiger partial charge in [0.25, 0.3) is 5.91 Å². The van der Waals surface area contributed by atoms with E-state index in [-0.39, 0.29) is 23.1 Å². The van der Waals surface area contributed by atoms with Gasteiger partial charge in [-0.05, 0) is 54.2 Å². The lowest BCUT2D eigenvalue weighted by Crippen LogP contribution is -2.37. The zero-order chi connectivity index (χ0) is 23.4. The van der Waals surface area contributed by atoms with E-state index in [1.54, 1.807) is 23.1 Å². The number of hydrogen-bond donors (Lipinski definition) is 0. The Hall–Kier alpha value is -2.54. The maximum atomic E-state index is 13.3. The Bertz CT molecular complexity index is 1010. The highest BCUT2D eigenvalue weighted by atomic mass is 32.2. The van der Waals surface area contributed by atoms with E-state index < -0.39 is 10.1 Å². The summed E-state index contributed by atoms with van der Waals surface area (Å²) < 4.78 is 33.5. The topological polar surface area (TPSA) is 72.9 Å². The number of amides is 1. The SMILES string of the molecule is CCC(C)N(Cc1ccc(OC)c(OS(C)(=O)=O)c1)C(=O)c1ccc(C(C)(C)C)cc1. The Kier molecular flexibility index (Phi) is 7.76. The first-order chi connectivity index (χ1) is 14.4. The molecule has 7 heteroatoms. The van der Waals surface area contributed by atoms with E-state index in [0.29, 0.717) is 17.9 Å². The molecule has 0 saturated heterocycles. The highest BCUT2D eigenvalue weighted by Gasteiger charge is 2.23. The van der Waals surface area contributed by atoms with E-state index in [1.807, 2.05) is 38.1 Å². The minimum Gasteiger partial charge on any atom is -0.493 e. The first kappa shape index (κ1) is 24.7. The normalized spacial score (nSPS) is 12.9. The second-order valence-electron chi connectivity index (χ2n) is 8.79. The van der Waals surface area contributed by atoms with Gasteiger partial charge in [0, 0.05) is 18.2 Å². The van der Waals surface area contributed by atoms with Gasteiger partial charge < -0.3 is 13.8 Å². The Morgan fingerprint density at radius 3 is 2.16 bits per heavy atom. The maximum Gasteiger partial charge on any atom is 0.306 e. The second-order valence-corrected chi connectivity index (χ2v) is 10.4. The van der Waals surface area contributed by atoms with Crippen molar-refractivity contribution in [2.75, 3.05) is 13.4 Å². The summed E-state index contributed by atoms with van der Waals surface area (Å²) >= 11 is 0.